The largest absolute Gasteiger partial charge is 0.460 e. The Morgan fingerprint density at radius 3 is 2.59 bits per heavy atom. The average molecular weight is 233 g/mol. The maximum absolute atomic E-state index is 12.1. The summed E-state index contributed by atoms with van der Waals surface area (Å²) in [6.07, 6.45) is 4.29. The summed E-state index contributed by atoms with van der Waals surface area (Å²) >= 11 is 0. The zero-order chi connectivity index (χ0) is 12.5. The predicted molar refractivity (Wildman–Crippen MR) is 65.5 cm³/mol. The fourth-order valence-electron chi connectivity index (χ4n) is 1.84. The summed E-state index contributed by atoms with van der Waals surface area (Å²) in [6, 6.07) is 5.80. The normalized spacial score (nSPS) is 17.6. The molecule has 0 amide bonds. The summed E-state index contributed by atoms with van der Waals surface area (Å²) in [7, 11) is 0. The highest BCUT2D eigenvalue weighted by molar-refractivity contribution is 5.80. The lowest BCUT2D eigenvalue weighted by atomic mass is 9.99. The van der Waals surface area contributed by atoms with Crippen LogP contribution in [0.1, 0.15) is 39.3 Å². The minimum atomic E-state index is -0.406. The molecule has 0 aliphatic heterocycles. The second-order valence-corrected chi connectivity index (χ2v) is 5.78. The molecule has 2 rings (SSSR count). The van der Waals surface area contributed by atoms with Crippen LogP contribution in [-0.2, 0) is 16.0 Å². The van der Waals surface area contributed by atoms with Crippen molar-refractivity contribution in [1.29, 1.82) is 0 Å². The smallest absolute Gasteiger partial charge is 0.312 e. The number of hydrogen-bond acceptors (Lipinski definition) is 3. The summed E-state index contributed by atoms with van der Waals surface area (Å²) in [5.74, 6) is -0.0735. The van der Waals surface area contributed by atoms with E-state index in [0.29, 0.717) is 6.42 Å². The van der Waals surface area contributed by atoms with Gasteiger partial charge in [-0.3, -0.25) is 9.78 Å². The van der Waals surface area contributed by atoms with E-state index in [0.717, 1.165) is 18.5 Å². The quantitative estimate of drug-likeness (QED) is 0.753. The van der Waals surface area contributed by atoms with Crippen LogP contribution in [0.2, 0.25) is 0 Å². The molecule has 0 unspecified atom stereocenters. The summed E-state index contributed by atoms with van der Waals surface area (Å²) < 4.78 is 5.47. The zero-order valence-electron chi connectivity index (χ0n) is 10.7. The van der Waals surface area contributed by atoms with Gasteiger partial charge < -0.3 is 4.74 Å². The maximum Gasteiger partial charge on any atom is 0.312 e. The van der Waals surface area contributed by atoms with Crippen molar-refractivity contribution in [3.8, 4) is 0 Å². The van der Waals surface area contributed by atoms with Crippen molar-refractivity contribution < 1.29 is 9.53 Å². The SMILES string of the molecule is CC(C)(C)OC(=O)C1(Cc2ccccn2)CC1. The first-order valence-corrected chi connectivity index (χ1v) is 6.05. The second-order valence-electron chi connectivity index (χ2n) is 5.78. The van der Waals surface area contributed by atoms with E-state index in [-0.39, 0.29) is 11.4 Å². The number of pyridine rings is 1. The Kier molecular flexibility index (Phi) is 2.94. The minimum absolute atomic E-state index is 0.0735. The van der Waals surface area contributed by atoms with E-state index in [4.69, 9.17) is 4.74 Å². The van der Waals surface area contributed by atoms with Crippen molar-refractivity contribution in [1.82, 2.24) is 4.98 Å². The van der Waals surface area contributed by atoms with Gasteiger partial charge in [-0.25, -0.2) is 0 Å². The highest BCUT2D eigenvalue weighted by Gasteiger charge is 2.52. The molecule has 1 aliphatic rings. The Labute approximate surface area is 102 Å². The van der Waals surface area contributed by atoms with Crippen molar-refractivity contribution in [3.63, 3.8) is 0 Å². The lowest BCUT2D eigenvalue weighted by Gasteiger charge is -2.23. The van der Waals surface area contributed by atoms with E-state index in [1.165, 1.54) is 0 Å². The van der Waals surface area contributed by atoms with Gasteiger partial charge in [0, 0.05) is 18.3 Å². The number of rotatable bonds is 3. The van der Waals surface area contributed by atoms with Gasteiger partial charge in [-0.05, 0) is 45.7 Å². The molecule has 1 aliphatic carbocycles. The molecule has 1 aromatic heterocycles. The summed E-state index contributed by atoms with van der Waals surface area (Å²) in [5.41, 5.74) is 0.258. The van der Waals surface area contributed by atoms with E-state index < -0.39 is 5.60 Å². The molecule has 0 aromatic carbocycles. The molecule has 0 radical (unpaired) electrons. The number of nitrogens with zero attached hydrogens (tertiary/aromatic N) is 1. The Morgan fingerprint density at radius 2 is 2.12 bits per heavy atom. The Balaban J connectivity index is 2.03. The molecule has 17 heavy (non-hydrogen) atoms. The van der Waals surface area contributed by atoms with Crippen LogP contribution in [-0.4, -0.2) is 16.6 Å². The van der Waals surface area contributed by atoms with Gasteiger partial charge in [0.2, 0.25) is 0 Å². The maximum atomic E-state index is 12.1. The van der Waals surface area contributed by atoms with Gasteiger partial charge in [0.15, 0.2) is 0 Å². The summed E-state index contributed by atoms with van der Waals surface area (Å²) in [5, 5.41) is 0. The molecular weight excluding hydrogens is 214 g/mol. The van der Waals surface area contributed by atoms with Crippen LogP contribution in [0.25, 0.3) is 0 Å². The van der Waals surface area contributed by atoms with Crippen molar-refractivity contribution >= 4 is 5.97 Å². The third kappa shape index (κ3) is 3.05. The number of carbonyl (C=O) groups excluding carboxylic acids is 1. The topological polar surface area (TPSA) is 39.2 Å². The van der Waals surface area contributed by atoms with Gasteiger partial charge in [0.05, 0.1) is 5.41 Å². The molecule has 0 atom stereocenters. The first kappa shape index (κ1) is 12.1. The summed E-state index contributed by atoms with van der Waals surface area (Å²) in [4.78, 5) is 16.4. The first-order chi connectivity index (χ1) is 7.91. The zero-order valence-corrected chi connectivity index (χ0v) is 10.7. The van der Waals surface area contributed by atoms with Crippen LogP contribution >= 0.6 is 0 Å². The highest BCUT2D eigenvalue weighted by Crippen LogP contribution is 2.49. The second kappa shape index (κ2) is 4.13. The number of carbonyl (C=O) groups is 1. The number of aromatic nitrogens is 1. The van der Waals surface area contributed by atoms with Gasteiger partial charge in [-0.15, -0.1) is 0 Å². The van der Waals surface area contributed by atoms with Crippen molar-refractivity contribution in [2.45, 2.75) is 45.6 Å². The Bertz CT molecular complexity index is 402. The number of hydrogen-bond donors (Lipinski definition) is 0. The average Bonchev–Trinajstić information content (AvgIpc) is 2.98. The van der Waals surface area contributed by atoms with E-state index in [9.17, 15) is 4.79 Å². The van der Waals surface area contributed by atoms with E-state index >= 15 is 0 Å². The van der Waals surface area contributed by atoms with E-state index in [1.54, 1.807) is 6.20 Å². The number of ether oxygens (including phenoxy) is 1. The number of esters is 1. The first-order valence-electron chi connectivity index (χ1n) is 6.05. The molecule has 0 bridgehead atoms. The molecule has 1 heterocycles. The standard InChI is InChI=1S/C14H19NO2/c1-13(2,3)17-12(16)14(7-8-14)10-11-6-4-5-9-15-11/h4-6,9H,7-8,10H2,1-3H3. The predicted octanol–water partition coefficient (Wildman–Crippen LogP) is 2.75. The van der Waals surface area contributed by atoms with E-state index in [2.05, 4.69) is 4.98 Å². The van der Waals surface area contributed by atoms with Crippen LogP contribution in [0.4, 0.5) is 0 Å². The lowest BCUT2D eigenvalue weighted by Crippen LogP contribution is -2.31. The minimum Gasteiger partial charge on any atom is -0.460 e. The van der Waals surface area contributed by atoms with Crippen molar-refractivity contribution in [2.24, 2.45) is 5.41 Å². The molecule has 3 nitrogen and oxygen atoms in total. The molecule has 0 spiro atoms. The van der Waals surface area contributed by atoms with Crippen LogP contribution in [0.5, 0.6) is 0 Å². The van der Waals surface area contributed by atoms with Crippen LogP contribution in [0, 0.1) is 5.41 Å². The fourth-order valence-corrected chi connectivity index (χ4v) is 1.84. The Hall–Kier alpha value is -1.38. The van der Waals surface area contributed by atoms with Crippen LogP contribution in [0.15, 0.2) is 24.4 Å². The van der Waals surface area contributed by atoms with Gasteiger partial charge in [-0.1, -0.05) is 6.07 Å². The third-order valence-electron chi connectivity index (χ3n) is 2.93. The van der Waals surface area contributed by atoms with Crippen molar-refractivity contribution in [2.75, 3.05) is 0 Å². The fraction of sp³-hybridized carbons (Fsp3) is 0.571. The van der Waals surface area contributed by atoms with Gasteiger partial charge in [0.25, 0.3) is 0 Å². The molecule has 1 aromatic rings. The Morgan fingerprint density at radius 1 is 1.41 bits per heavy atom. The van der Waals surface area contributed by atoms with Gasteiger partial charge in [0.1, 0.15) is 5.60 Å². The molecule has 1 saturated carbocycles. The van der Waals surface area contributed by atoms with E-state index in [1.807, 2.05) is 39.0 Å². The molecule has 0 N–H and O–H groups in total. The lowest BCUT2D eigenvalue weighted by molar-refractivity contribution is -0.161. The van der Waals surface area contributed by atoms with Crippen molar-refractivity contribution in [3.05, 3.63) is 30.1 Å². The monoisotopic (exact) mass is 233 g/mol. The van der Waals surface area contributed by atoms with Crippen LogP contribution in [0.3, 0.4) is 0 Å². The highest BCUT2D eigenvalue weighted by atomic mass is 16.6. The molecule has 1 fully saturated rings. The van der Waals surface area contributed by atoms with Gasteiger partial charge >= 0.3 is 5.97 Å². The third-order valence-corrected chi connectivity index (χ3v) is 2.93. The van der Waals surface area contributed by atoms with Crippen LogP contribution < -0.4 is 0 Å². The van der Waals surface area contributed by atoms with Gasteiger partial charge in [-0.2, -0.15) is 0 Å². The molecule has 3 heteroatoms. The molecule has 92 valence electrons. The molecule has 0 saturated heterocycles. The summed E-state index contributed by atoms with van der Waals surface area (Å²) in [6.45, 7) is 5.71. The molecular formula is C14H19NO2.